The molecule has 19 heavy (non-hydrogen) atoms. The Kier molecular flexibility index (Phi) is 6.22. The number of alkyl halides is 1. The molecule has 1 aromatic carbocycles. The zero-order valence-corrected chi connectivity index (χ0v) is 11.9. The number of halogens is 3. The lowest BCUT2D eigenvalue weighted by Crippen LogP contribution is -2.27. The molecule has 1 amide bonds. The Morgan fingerprint density at radius 1 is 1.42 bits per heavy atom. The molecule has 0 radical (unpaired) electrons. The summed E-state index contributed by atoms with van der Waals surface area (Å²) in [4.78, 5) is 11.7. The third-order valence-electron chi connectivity index (χ3n) is 2.93. The summed E-state index contributed by atoms with van der Waals surface area (Å²) in [6, 6.07) is 2.41. The van der Waals surface area contributed by atoms with Crippen LogP contribution in [0.5, 0.6) is 0 Å². The Hall–Kier alpha value is -1.16. The van der Waals surface area contributed by atoms with Crippen LogP contribution in [0.2, 0.25) is 0 Å². The smallest absolute Gasteiger partial charge is 0.257 e. The highest BCUT2D eigenvalue weighted by atomic mass is 35.5. The van der Waals surface area contributed by atoms with Gasteiger partial charge in [0.2, 0.25) is 0 Å². The van der Waals surface area contributed by atoms with Crippen LogP contribution in [0.1, 0.15) is 35.7 Å². The van der Waals surface area contributed by atoms with Crippen LogP contribution in [0.15, 0.2) is 12.1 Å². The molecule has 0 saturated carbocycles. The van der Waals surface area contributed by atoms with Crippen LogP contribution in [0.3, 0.4) is 0 Å². The summed E-state index contributed by atoms with van der Waals surface area (Å²) in [6.45, 7) is 3.88. The summed E-state index contributed by atoms with van der Waals surface area (Å²) in [5, 5.41) is 2.53. The van der Waals surface area contributed by atoms with Crippen molar-refractivity contribution in [2.75, 3.05) is 12.4 Å². The Balaban J connectivity index is 2.57. The predicted molar refractivity (Wildman–Crippen MR) is 72.5 cm³/mol. The maximum atomic E-state index is 13.7. The van der Waals surface area contributed by atoms with Gasteiger partial charge in [0.05, 0.1) is 0 Å². The van der Waals surface area contributed by atoms with E-state index in [9.17, 15) is 13.6 Å². The molecule has 1 N–H and O–H groups in total. The minimum Gasteiger partial charge on any atom is -0.352 e. The Morgan fingerprint density at radius 2 is 2.11 bits per heavy atom. The molecule has 1 unspecified atom stereocenters. The van der Waals surface area contributed by atoms with E-state index in [0.717, 1.165) is 18.9 Å². The van der Waals surface area contributed by atoms with E-state index >= 15 is 0 Å². The SMILES string of the molecule is Cc1ccc(F)c(C(=O)NCCCC(C)CCl)c1F. The molecule has 0 heterocycles. The van der Waals surface area contributed by atoms with Crippen LogP contribution in [0.25, 0.3) is 0 Å². The molecule has 0 bridgehead atoms. The van der Waals surface area contributed by atoms with E-state index in [0.29, 0.717) is 18.3 Å². The van der Waals surface area contributed by atoms with Gasteiger partial charge in [0.1, 0.15) is 17.2 Å². The Bertz CT molecular complexity index is 451. The summed E-state index contributed by atoms with van der Waals surface area (Å²) in [7, 11) is 0. The van der Waals surface area contributed by atoms with Gasteiger partial charge in [-0.2, -0.15) is 0 Å². The van der Waals surface area contributed by atoms with E-state index < -0.39 is 23.1 Å². The topological polar surface area (TPSA) is 29.1 Å². The van der Waals surface area contributed by atoms with Gasteiger partial charge in [0.15, 0.2) is 0 Å². The maximum Gasteiger partial charge on any atom is 0.257 e. The van der Waals surface area contributed by atoms with Crippen LogP contribution in [-0.4, -0.2) is 18.3 Å². The lowest BCUT2D eigenvalue weighted by atomic mass is 10.1. The Morgan fingerprint density at radius 3 is 2.74 bits per heavy atom. The summed E-state index contributed by atoms with van der Waals surface area (Å²) in [6.07, 6.45) is 1.59. The molecule has 0 aromatic heterocycles. The first-order valence-corrected chi connectivity index (χ1v) is 6.79. The number of hydrogen-bond acceptors (Lipinski definition) is 1. The summed E-state index contributed by atoms with van der Waals surface area (Å²) < 4.78 is 27.1. The first kappa shape index (κ1) is 15.9. The van der Waals surface area contributed by atoms with Crippen LogP contribution < -0.4 is 5.32 Å². The van der Waals surface area contributed by atoms with Gasteiger partial charge >= 0.3 is 0 Å². The maximum absolute atomic E-state index is 13.7. The van der Waals surface area contributed by atoms with Crippen molar-refractivity contribution in [3.8, 4) is 0 Å². The van der Waals surface area contributed by atoms with Gasteiger partial charge in [0.25, 0.3) is 5.91 Å². The van der Waals surface area contributed by atoms with Crippen molar-refractivity contribution < 1.29 is 13.6 Å². The van der Waals surface area contributed by atoms with Gasteiger partial charge in [-0.1, -0.05) is 13.0 Å². The molecule has 106 valence electrons. The average molecular weight is 290 g/mol. The fraction of sp³-hybridized carbons (Fsp3) is 0.500. The molecule has 0 aliphatic carbocycles. The molecular formula is C14H18ClF2NO. The first-order chi connectivity index (χ1) is 8.97. The van der Waals surface area contributed by atoms with Crippen molar-refractivity contribution >= 4 is 17.5 Å². The number of hydrogen-bond donors (Lipinski definition) is 1. The van der Waals surface area contributed by atoms with Crippen LogP contribution in [-0.2, 0) is 0 Å². The minimum atomic E-state index is -0.838. The van der Waals surface area contributed by atoms with E-state index in [4.69, 9.17) is 11.6 Å². The van der Waals surface area contributed by atoms with Gasteiger partial charge < -0.3 is 5.32 Å². The van der Waals surface area contributed by atoms with Crippen LogP contribution in [0, 0.1) is 24.5 Å². The van der Waals surface area contributed by atoms with Gasteiger partial charge in [-0.3, -0.25) is 4.79 Å². The van der Waals surface area contributed by atoms with Crippen molar-refractivity contribution in [1.82, 2.24) is 5.32 Å². The van der Waals surface area contributed by atoms with E-state index in [1.165, 1.54) is 13.0 Å². The monoisotopic (exact) mass is 289 g/mol. The molecule has 0 saturated heterocycles. The van der Waals surface area contributed by atoms with E-state index in [2.05, 4.69) is 5.32 Å². The number of carbonyl (C=O) groups is 1. The second-order valence-electron chi connectivity index (χ2n) is 4.71. The quantitative estimate of drug-likeness (QED) is 0.628. The van der Waals surface area contributed by atoms with E-state index in [-0.39, 0.29) is 5.56 Å². The van der Waals surface area contributed by atoms with Crippen molar-refractivity contribution in [1.29, 1.82) is 0 Å². The third kappa shape index (κ3) is 4.46. The standard InChI is InChI=1S/C14H18ClF2NO/c1-9(8-15)4-3-7-18-14(19)12-11(16)6-5-10(2)13(12)17/h5-6,9H,3-4,7-8H2,1-2H3,(H,18,19). The van der Waals surface area contributed by atoms with Gasteiger partial charge in [-0.25, -0.2) is 8.78 Å². The van der Waals surface area contributed by atoms with Gasteiger partial charge in [-0.15, -0.1) is 11.6 Å². The molecule has 1 rings (SSSR count). The molecule has 0 spiro atoms. The summed E-state index contributed by atoms with van der Waals surface area (Å²) >= 11 is 5.66. The zero-order chi connectivity index (χ0) is 14.4. The van der Waals surface area contributed by atoms with Crippen molar-refractivity contribution in [3.63, 3.8) is 0 Å². The minimum absolute atomic E-state index is 0.252. The van der Waals surface area contributed by atoms with E-state index in [1.54, 1.807) is 0 Å². The number of aryl methyl sites for hydroxylation is 1. The van der Waals surface area contributed by atoms with Gasteiger partial charge in [-0.05, 0) is 37.3 Å². The molecule has 5 heteroatoms. The molecular weight excluding hydrogens is 272 g/mol. The zero-order valence-electron chi connectivity index (χ0n) is 11.1. The number of rotatable bonds is 6. The lowest BCUT2D eigenvalue weighted by molar-refractivity contribution is 0.0944. The second-order valence-corrected chi connectivity index (χ2v) is 5.02. The summed E-state index contributed by atoms with van der Waals surface area (Å²) in [5.74, 6) is -1.42. The molecule has 0 aliphatic heterocycles. The second kappa shape index (κ2) is 7.43. The van der Waals surface area contributed by atoms with Crippen molar-refractivity contribution in [2.45, 2.75) is 26.7 Å². The van der Waals surface area contributed by atoms with Gasteiger partial charge in [0, 0.05) is 12.4 Å². The largest absolute Gasteiger partial charge is 0.352 e. The number of nitrogens with one attached hydrogen (secondary N) is 1. The number of amides is 1. The van der Waals surface area contributed by atoms with Crippen molar-refractivity contribution in [2.24, 2.45) is 5.92 Å². The summed E-state index contributed by atoms with van der Waals surface area (Å²) in [5.41, 5.74) is -0.257. The highest BCUT2D eigenvalue weighted by Crippen LogP contribution is 2.16. The predicted octanol–water partition coefficient (Wildman–Crippen LogP) is 3.66. The van der Waals surface area contributed by atoms with Crippen molar-refractivity contribution in [3.05, 3.63) is 34.9 Å². The highest BCUT2D eigenvalue weighted by Gasteiger charge is 2.18. The van der Waals surface area contributed by atoms with Crippen LogP contribution >= 0.6 is 11.6 Å². The first-order valence-electron chi connectivity index (χ1n) is 6.26. The fourth-order valence-electron chi connectivity index (χ4n) is 1.68. The normalized spacial score (nSPS) is 12.3. The fourth-order valence-corrected chi connectivity index (χ4v) is 1.84. The Labute approximate surface area is 117 Å². The number of benzene rings is 1. The highest BCUT2D eigenvalue weighted by molar-refractivity contribution is 6.18. The third-order valence-corrected chi connectivity index (χ3v) is 3.46. The average Bonchev–Trinajstić information content (AvgIpc) is 2.39. The number of carbonyl (C=O) groups excluding carboxylic acids is 1. The molecule has 1 aromatic rings. The molecule has 0 fully saturated rings. The molecule has 1 atom stereocenters. The lowest BCUT2D eigenvalue weighted by Gasteiger charge is -2.10. The molecule has 0 aliphatic rings. The molecule has 2 nitrogen and oxygen atoms in total. The van der Waals surface area contributed by atoms with E-state index in [1.807, 2.05) is 6.92 Å². The van der Waals surface area contributed by atoms with Crippen LogP contribution in [0.4, 0.5) is 8.78 Å².